The van der Waals surface area contributed by atoms with Gasteiger partial charge in [0.1, 0.15) is 6.10 Å². The summed E-state index contributed by atoms with van der Waals surface area (Å²) < 4.78 is 21.5. The molecule has 0 aliphatic carbocycles. The van der Waals surface area contributed by atoms with Crippen LogP contribution in [-0.4, -0.2) is 41.8 Å². The molecule has 5 atom stereocenters. The van der Waals surface area contributed by atoms with Gasteiger partial charge in [0.2, 0.25) is 0 Å². The monoisotopic (exact) mass is 388 g/mol. The van der Waals surface area contributed by atoms with Crippen molar-refractivity contribution in [2.24, 2.45) is 11.8 Å². The van der Waals surface area contributed by atoms with Crippen LogP contribution in [0.3, 0.4) is 0 Å². The average molecular weight is 388 g/mol. The Labute approximate surface area is 160 Å². The Hall–Kier alpha value is -2.97. The van der Waals surface area contributed by atoms with Gasteiger partial charge in [-0.1, -0.05) is 12.1 Å². The summed E-state index contributed by atoms with van der Waals surface area (Å²) in [6.07, 6.45) is -2.72. The predicted molar refractivity (Wildman–Crippen MR) is 95.0 cm³/mol. The molecule has 0 radical (unpaired) electrons. The summed E-state index contributed by atoms with van der Waals surface area (Å²) in [5.74, 6) is -1.44. The quantitative estimate of drug-likeness (QED) is 0.682. The van der Waals surface area contributed by atoms with Crippen molar-refractivity contribution in [1.82, 2.24) is 0 Å². The van der Waals surface area contributed by atoms with Crippen LogP contribution in [0.15, 0.2) is 36.4 Å². The van der Waals surface area contributed by atoms with Crippen molar-refractivity contribution in [3.05, 3.63) is 47.5 Å². The lowest BCUT2D eigenvalue weighted by atomic mass is 9.83. The van der Waals surface area contributed by atoms with Gasteiger partial charge in [0, 0.05) is 0 Å². The topological polar surface area (TPSA) is 115 Å². The third kappa shape index (κ3) is 2.81. The van der Waals surface area contributed by atoms with E-state index in [9.17, 15) is 20.1 Å². The molecule has 2 aromatic rings. The summed E-state index contributed by atoms with van der Waals surface area (Å²) in [5.41, 5.74) is 1.17. The molecule has 0 bridgehead atoms. The Balaban J connectivity index is 1.68. The van der Waals surface area contributed by atoms with Gasteiger partial charge >= 0.3 is 5.97 Å². The molecule has 2 aliphatic heterocycles. The van der Waals surface area contributed by atoms with E-state index in [-0.39, 0.29) is 23.0 Å². The molecule has 8 heteroatoms. The fraction of sp³-hybridized carbons (Fsp3) is 0.350. The van der Waals surface area contributed by atoms with Gasteiger partial charge in [0.25, 0.3) is 0 Å². The van der Waals surface area contributed by atoms with Crippen LogP contribution >= 0.6 is 0 Å². The van der Waals surface area contributed by atoms with Gasteiger partial charge in [-0.15, -0.1) is 0 Å². The van der Waals surface area contributed by atoms with Gasteiger partial charge in [-0.05, 0) is 35.4 Å². The van der Waals surface area contributed by atoms with E-state index < -0.39 is 36.3 Å². The number of hydrogen-bond donors (Lipinski definition) is 3. The van der Waals surface area contributed by atoms with Gasteiger partial charge < -0.3 is 34.3 Å². The molecule has 8 nitrogen and oxygen atoms in total. The molecule has 2 aliphatic rings. The fourth-order valence-electron chi connectivity index (χ4n) is 3.92. The Morgan fingerprint density at radius 2 is 1.43 bits per heavy atom. The van der Waals surface area contributed by atoms with E-state index in [0.717, 1.165) is 0 Å². The summed E-state index contributed by atoms with van der Waals surface area (Å²) >= 11 is 0. The number of hydrogen-bond acceptors (Lipinski definition) is 8. The van der Waals surface area contributed by atoms with Crippen molar-refractivity contribution < 1.29 is 39.1 Å². The first-order valence-corrected chi connectivity index (χ1v) is 8.72. The molecule has 0 unspecified atom stereocenters. The largest absolute Gasteiger partial charge is 0.504 e. The van der Waals surface area contributed by atoms with Gasteiger partial charge in [-0.2, -0.15) is 0 Å². The fourth-order valence-corrected chi connectivity index (χ4v) is 3.92. The molecule has 2 saturated heterocycles. The van der Waals surface area contributed by atoms with E-state index in [0.29, 0.717) is 11.1 Å². The molecule has 3 N–H and O–H groups in total. The normalized spacial score (nSPS) is 28.7. The highest BCUT2D eigenvalue weighted by atomic mass is 16.6. The minimum Gasteiger partial charge on any atom is -0.504 e. The number of phenolic OH excluding ortho intramolecular Hbond substituents is 2. The lowest BCUT2D eigenvalue weighted by molar-refractivity contribution is -0.159. The number of carbonyl (C=O) groups excluding carboxylic acids is 1. The number of phenols is 2. The molecule has 2 aromatic carbocycles. The van der Waals surface area contributed by atoms with E-state index >= 15 is 0 Å². The zero-order valence-corrected chi connectivity index (χ0v) is 15.2. The Bertz CT molecular complexity index is 860. The maximum absolute atomic E-state index is 12.6. The molecule has 4 rings (SSSR count). The van der Waals surface area contributed by atoms with Crippen molar-refractivity contribution in [2.75, 3.05) is 14.2 Å². The van der Waals surface area contributed by atoms with E-state index in [1.54, 1.807) is 24.3 Å². The number of benzene rings is 2. The van der Waals surface area contributed by atoms with Crippen molar-refractivity contribution in [3.8, 4) is 23.0 Å². The number of rotatable bonds is 4. The zero-order chi connectivity index (χ0) is 20.0. The predicted octanol–water partition coefficient (Wildman–Crippen LogP) is 2.04. The van der Waals surface area contributed by atoms with E-state index in [1.807, 2.05) is 0 Å². The molecule has 0 saturated carbocycles. The second-order valence-electron chi connectivity index (χ2n) is 6.77. The lowest BCUT2D eigenvalue weighted by Crippen LogP contribution is -2.22. The second-order valence-corrected chi connectivity index (χ2v) is 6.77. The molecule has 2 heterocycles. The number of ether oxygens (including phenoxy) is 4. The number of aliphatic hydroxyl groups is 1. The van der Waals surface area contributed by atoms with Gasteiger partial charge in [-0.25, -0.2) is 0 Å². The van der Waals surface area contributed by atoms with Crippen LogP contribution in [0, 0.1) is 11.8 Å². The minimum atomic E-state index is -1.23. The molecule has 148 valence electrons. The number of cyclic esters (lactones) is 1. The van der Waals surface area contributed by atoms with Gasteiger partial charge in [0.15, 0.2) is 29.3 Å². The number of methoxy groups -OCH3 is 2. The Kier molecular flexibility index (Phi) is 4.52. The summed E-state index contributed by atoms with van der Waals surface area (Å²) in [6.45, 7) is 0. The standard InChI is InChI=1S/C20H20O8/c1-25-13-7-9(3-5-11(13)21)17-15-16(20(24)27-17)18(28-19(15)23)10-4-6-12(22)14(8-10)26-2/h3-8,15-19,21-23H,1-2H3/t15-,16-,17+,18+,19-/m1/s1. The average Bonchev–Trinajstić information content (AvgIpc) is 3.21. The molecule has 28 heavy (non-hydrogen) atoms. The molecule has 0 spiro atoms. The third-order valence-electron chi connectivity index (χ3n) is 5.29. The maximum atomic E-state index is 12.6. The first-order valence-electron chi connectivity index (χ1n) is 8.72. The van der Waals surface area contributed by atoms with Crippen molar-refractivity contribution >= 4 is 5.97 Å². The van der Waals surface area contributed by atoms with Crippen LogP contribution < -0.4 is 9.47 Å². The van der Waals surface area contributed by atoms with Gasteiger partial charge in [0.05, 0.1) is 32.2 Å². The lowest BCUT2D eigenvalue weighted by Gasteiger charge is -2.20. The maximum Gasteiger partial charge on any atom is 0.313 e. The zero-order valence-electron chi connectivity index (χ0n) is 15.2. The van der Waals surface area contributed by atoms with Crippen LogP contribution in [0.4, 0.5) is 0 Å². The molecular weight excluding hydrogens is 368 g/mol. The molecule has 0 amide bonds. The highest BCUT2D eigenvalue weighted by Crippen LogP contribution is 2.54. The van der Waals surface area contributed by atoms with Crippen LogP contribution in [-0.2, 0) is 14.3 Å². The highest BCUT2D eigenvalue weighted by molar-refractivity contribution is 5.77. The number of aromatic hydroxyl groups is 2. The summed E-state index contributed by atoms with van der Waals surface area (Å²) in [7, 11) is 2.84. The highest BCUT2D eigenvalue weighted by Gasteiger charge is 2.58. The molecular formula is C20H20O8. The molecule has 2 fully saturated rings. The number of esters is 1. The summed E-state index contributed by atoms with van der Waals surface area (Å²) in [5, 5.41) is 30.1. The third-order valence-corrected chi connectivity index (χ3v) is 5.29. The summed E-state index contributed by atoms with van der Waals surface area (Å²) in [6, 6.07) is 9.25. The smallest absolute Gasteiger partial charge is 0.313 e. The van der Waals surface area contributed by atoms with E-state index in [4.69, 9.17) is 18.9 Å². The Morgan fingerprint density at radius 1 is 0.893 bits per heavy atom. The second kappa shape index (κ2) is 6.88. The van der Waals surface area contributed by atoms with E-state index in [2.05, 4.69) is 0 Å². The first kappa shape index (κ1) is 18.4. The van der Waals surface area contributed by atoms with Crippen molar-refractivity contribution in [3.63, 3.8) is 0 Å². The number of aliphatic hydroxyl groups excluding tert-OH is 1. The first-order chi connectivity index (χ1) is 13.4. The minimum absolute atomic E-state index is 0.0376. The number of carbonyl (C=O) groups is 1. The Morgan fingerprint density at radius 3 is 1.96 bits per heavy atom. The summed E-state index contributed by atoms with van der Waals surface area (Å²) in [4.78, 5) is 12.6. The van der Waals surface area contributed by atoms with Crippen molar-refractivity contribution in [1.29, 1.82) is 0 Å². The number of fused-ring (bicyclic) bond motifs is 1. The van der Waals surface area contributed by atoms with Crippen LogP contribution in [0.2, 0.25) is 0 Å². The SMILES string of the molecule is COc1cc([C@@H]2O[C@@H](O)[C@@H]3[C@H]2C(=O)O[C@H]3c2ccc(O)c(OC)c2)ccc1O. The van der Waals surface area contributed by atoms with Gasteiger partial charge in [-0.3, -0.25) is 4.79 Å². The van der Waals surface area contributed by atoms with Crippen LogP contribution in [0.25, 0.3) is 0 Å². The van der Waals surface area contributed by atoms with Crippen LogP contribution in [0.5, 0.6) is 23.0 Å². The van der Waals surface area contributed by atoms with E-state index in [1.165, 1.54) is 26.4 Å². The molecule has 0 aromatic heterocycles. The van der Waals surface area contributed by atoms with Crippen molar-refractivity contribution in [2.45, 2.75) is 18.5 Å². The van der Waals surface area contributed by atoms with Crippen LogP contribution in [0.1, 0.15) is 23.3 Å².